The minimum atomic E-state index is -2.29. The van der Waals surface area contributed by atoms with Gasteiger partial charge in [-0.1, -0.05) is 34.3 Å². The number of cyclic esters (lactones) is 1. The molecule has 0 radical (unpaired) electrons. The molecule has 6 heterocycles. The molecular formula is C50H69FN8O8. The lowest BCUT2D eigenvalue weighted by Gasteiger charge is -2.41. The molecule has 4 aliphatic rings. The number of aryl methyl sites for hydroxylation is 1. The fourth-order valence-corrected chi connectivity index (χ4v) is 10.3. The quantitative estimate of drug-likeness (QED) is 0.204. The number of amides is 4. The molecule has 2 N–H and O–H groups in total. The summed E-state index contributed by atoms with van der Waals surface area (Å²) in [5.41, 5.74) is 6.27. The van der Waals surface area contributed by atoms with Crippen LogP contribution in [0.15, 0.2) is 49.2 Å². The molecule has 0 saturated carbocycles. The fraction of sp³-hybridized carbons (Fsp3) is 0.600. The predicted molar refractivity (Wildman–Crippen MR) is 252 cm³/mol. The topological polar surface area (TPSA) is 168 Å². The third-order valence-electron chi connectivity index (χ3n) is 14.0. The average molecular weight is 929 g/mol. The smallest absolute Gasteiger partial charge is 0.324 e. The van der Waals surface area contributed by atoms with Crippen LogP contribution in [0.25, 0.3) is 22.2 Å². The van der Waals surface area contributed by atoms with Gasteiger partial charge in [0.25, 0.3) is 11.8 Å². The van der Waals surface area contributed by atoms with Crippen molar-refractivity contribution in [2.75, 3.05) is 65.0 Å². The number of carbonyl (C=O) groups is 5. The number of likely N-dealkylation sites (N-methyl/N-ethyl adjacent to an activating group) is 1. The number of likely N-dealkylation sites (tertiary alicyclic amines) is 1. The molecule has 3 saturated heterocycles. The normalized spacial score (nSPS) is 23.3. The molecule has 364 valence electrons. The molecule has 3 aromatic rings. The maximum Gasteiger partial charge on any atom is 0.324 e. The number of nitrogens with zero attached hydrogens (tertiary/aromatic N) is 6. The van der Waals surface area contributed by atoms with Crippen LogP contribution in [0.4, 0.5) is 10.1 Å². The van der Waals surface area contributed by atoms with Gasteiger partial charge in [0.05, 0.1) is 36.8 Å². The van der Waals surface area contributed by atoms with Crippen molar-refractivity contribution in [1.29, 1.82) is 0 Å². The second-order valence-electron chi connectivity index (χ2n) is 19.7. The summed E-state index contributed by atoms with van der Waals surface area (Å²) in [6.45, 7) is 17.8. The predicted octanol–water partition coefficient (Wildman–Crippen LogP) is 5.13. The Kier molecular flexibility index (Phi) is 15.1. The number of rotatable bonds is 10. The van der Waals surface area contributed by atoms with E-state index in [0.29, 0.717) is 45.5 Å². The molecule has 7 rings (SSSR count). The summed E-state index contributed by atoms with van der Waals surface area (Å²) in [4.78, 5) is 78.9. The lowest BCUT2D eigenvalue weighted by Crippen LogP contribution is -2.63. The van der Waals surface area contributed by atoms with Crippen LogP contribution in [-0.4, -0.2) is 144 Å². The third-order valence-corrected chi connectivity index (χ3v) is 14.0. The van der Waals surface area contributed by atoms with Crippen LogP contribution in [0.5, 0.6) is 0 Å². The minimum Gasteiger partial charge on any atom is -0.464 e. The second kappa shape index (κ2) is 20.5. The molecular weight excluding hydrogens is 860 g/mol. The van der Waals surface area contributed by atoms with Crippen LogP contribution >= 0.6 is 0 Å². The summed E-state index contributed by atoms with van der Waals surface area (Å²) in [7, 11) is 3.08. The number of piperidine rings is 1. The zero-order valence-electron chi connectivity index (χ0n) is 40.4. The monoisotopic (exact) mass is 929 g/mol. The number of fused-ring (bicyclic) bond motifs is 6. The molecule has 4 aliphatic heterocycles. The van der Waals surface area contributed by atoms with E-state index in [9.17, 15) is 24.0 Å². The van der Waals surface area contributed by atoms with Crippen molar-refractivity contribution < 1.29 is 42.6 Å². The van der Waals surface area contributed by atoms with Gasteiger partial charge in [0.15, 0.2) is 5.67 Å². The average Bonchev–Trinajstić information content (AvgIpc) is 3.63. The summed E-state index contributed by atoms with van der Waals surface area (Å²) < 4.78 is 37.0. The van der Waals surface area contributed by atoms with Crippen molar-refractivity contribution in [3.63, 3.8) is 0 Å². The van der Waals surface area contributed by atoms with Crippen molar-refractivity contribution in [1.82, 2.24) is 35.1 Å². The van der Waals surface area contributed by atoms with Crippen LogP contribution in [-0.2, 0) is 51.1 Å². The van der Waals surface area contributed by atoms with E-state index < -0.39 is 64.9 Å². The Balaban J connectivity index is 1.24. The SMILES string of the molecule is C=CC(=O)N1CCC(F)(C(=O)N(C)C(C(=O)N[C@H]2C[C@H]3CN(CCO3)c3ccc4c(c3)c(c(-c3cccnc3[C@H](C)OC)n4CC)CC(C)(C)COC(=O)[C@@H]3CCCN(N3)C2=O)C(C)C)CC1. The molecule has 5 atom stereocenters. The van der Waals surface area contributed by atoms with Gasteiger partial charge in [0, 0.05) is 106 Å². The molecule has 67 heavy (non-hydrogen) atoms. The minimum absolute atomic E-state index is 0.0333. The number of anilines is 1. The lowest BCUT2D eigenvalue weighted by atomic mass is 9.84. The number of hydrazine groups is 1. The number of ether oxygens (including phenoxy) is 3. The van der Waals surface area contributed by atoms with Gasteiger partial charge >= 0.3 is 5.97 Å². The number of alkyl halides is 1. The Morgan fingerprint density at radius 2 is 1.87 bits per heavy atom. The van der Waals surface area contributed by atoms with E-state index in [1.807, 2.05) is 13.0 Å². The van der Waals surface area contributed by atoms with Crippen LogP contribution in [0, 0.1) is 11.3 Å². The Bertz CT molecular complexity index is 2340. The van der Waals surface area contributed by atoms with Gasteiger partial charge in [0.1, 0.15) is 18.1 Å². The van der Waals surface area contributed by atoms with Crippen molar-refractivity contribution in [3.05, 3.63) is 60.4 Å². The number of hydrogen-bond acceptors (Lipinski definition) is 11. The first kappa shape index (κ1) is 49.5. The Hall–Kier alpha value is -5.39. The number of hydrogen-bond donors (Lipinski definition) is 2. The maximum absolute atomic E-state index is 16.4. The van der Waals surface area contributed by atoms with E-state index in [-0.39, 0.29) is 57.5 Å². The number of esters is 1. The second-order valence-corrected chi connectivity index (χ2v) is 19.7. The molecule has 4 amide bonds. The first-order valence-electron chi connectivity index (χ1n) is 23.8. The molecule has 6 bridgehead atoms. The number of morpholine rings is 1. The van der Waals surface area contributed by atoms with Crippen molar-refractivity contribution in [3.8, 4) is 11.3 Å². The lowest BCUT2D eigenvalue weighted by molar-refractivity contribution is -0.156. The standard InChI is InChI=1S/C50H69FN8O8/c1-10-41(60)56-22-18-50(51,19-23-56)48(64)55(8)43(31(3)4)45(61)53-39-27-34-29-57(24-25-66-34)33-16-17-40-36(26-33)37(44(58(40)11-2)35-14-12-20-52-42(35)32(5)65-9)28-49(6,7)30-67-47(63)38-15-13-21-59(54-38)46(39)62/h10,12,14,16-17,20,26,31-32,34,38-39,43,54H,1,11,13,15,18-19,21-25,27-30H2,2-9H3,(H,53,61)/t32-,34-,38-,39-,43?/m0/s1. The van der Waals surface area contributed by atoms with E-state index in [4.69, 9.17) is 19.2 Å². The zero-order valence-corrected chi connectivity index (χ0v) is 40.4. The highest BCUT2D eigenvalue weighted by atomic mass is 19.1. The Morgan fingerprint density at radius 1 is 1.12 bits per heavy atom. The summed E-state index contributed by atoms with van der Waals surface area (Å²) in [5, 5.41) is 5.41. The van der Waals surface area contributed by atoms with Crippen molar-refractivity contribution >= 4 is 46.2 Å². The highest BCUT2D eigenvalue weighted by Crippen LogP contribution is 2.42. The van der Waals surface area contributed by atoms with Gasteiger partial charge in [-0.3, -0.25) is 34.0 Å². The number of pyridine rings is 1. The van der Waals surface area contributed by atoms with Crippen LogP contribution in [0.3, 0.4) is 0 Å². The summed E-state index contributed by atoms with van der Waals surface area (Å²) in [6, 6.07) is 7.40. The third kappa shape index (κ3) is 10.4. The highest BCUT2D eigenvalue weighted by Gasteiger charge is 2.47. The number of benzene rings is 1. The van der Waals surface area contributed by atoms with Crippen molar-refractivity contribution in [2.24, 2.45) is 11.3 Å². The molecule has 2 aromatic heterocycles. The highest BCUT2D eigenvalue weighted by molar-refractivity contribution is 5.96. The van der Waals surface area contributed by atoms with Gasteiger partial charge < -0.3 is 38.8 Å². The van der Waals surface area contributed by atoms with Gasteiger partial charge in [0.2, 0.25) is 11.8 Å². The molecule has 17 heteroatoms. The first-order chi connectivity index (χ1) is 31.9. The van der Waals surface area contributed by atoms with Crippen LogP contribution in [0.1, 0.15) is 91.0 Å². The Morgan fingerprint density at radius 3 is 2.55 bits per heavy atom. The van der Waals surface area contributed by atoms with E-state index in [1.54, 1.807) is 27.2 Å². The molecule has 0 aliphatic carbocycles. The number of methoxy groups -OCH3 is 1. The molecule has 3 fully saturated rings. The van der Waals surface area contributed by atoms with E-state index in [0.717, 1.165) is 50.1 Å². The molecule has 1 aromatic carbocycles. The van der Waals surface area contributed by atoms with E-state index >= 15 is 4.39 Å². The van der Waals surface area contributed by atoms with Gasteiger partial charge in [-0.15, -0.1) is 0 Å². The Labute approximate surface area is 393 Å². The van der Waals surface area contributed by atoms with E-state index in [2.05, 4.69) is 71.8 Å². The first-order valence-corrected chi connectivity index (χ1v) is 23.8. The van der Waals surface area contributed by atoms with Crippen LogP contribution in [0.2, 0.25) is 0 Å². The van der Waals surface area contributed by atoms with Gasteiger partial charge in [-0.2, -0.15) is 0 Å². The summed E-state index contributed by atoms with van der Waals surface area (Å²) in [6.07, 6.45) is 3.32. The number of aromatic nitrogens is 2. The molecule has 16 nitrogen and oxygen atoms in total. The van der Waals surface area contributed by atoms with E-state index in [1.165, 1.54) is 17.0 Å². The van der Waals surface area contributed by atoms with Crippen molar-refractivity contribution in [2.45, 2.75) is 123 Å². The molecule has 0 spiro atoms. The fourth-order valence-electron chi connectivity index (χ4n) is 10.3. The summed E-state index contributed by atoms with van der Waals surface area (Å²) >= 11 is 0. The van der Waals surface area contributed by atoms with Gasteiger partial charge in [-0.05, 0) is 81.0 Å². The van der Waals surface area contributed by atoms with Gasteiger partial charge in [-0.25, -0.2) is 9.82 Å². The molecule has 1 unspecified atom stereocenters. The summed E-state index contributed by atoms with van der Waals surface area (Å²) in [5.74, 6) is -3.24. The number of nitrogens with one attached hydrogen (secondary N) is 2. The zero-order chi connectivity index (χ0) is 48.4. The van der Waals surface area contributed by atoms with Crippen LogP contribution < -0.4 is 15.6 Å². The number of carbonyl (C=O) groups excluding carboxylic acids is 5. The number of halogens is 1. The maximum atomic E-state index is 16.4. The largest absolute Gasteiger partial charge is 0.464 e.